The summed E-state index contributed by atoms with van der Waals surface area (Å²) in [6.45, 7) is 5.03. The molecule has 1 fully saturated rings. The second kappa shape index (κ2) is 6.68. The van der Waals surface area contributed by atoms with E-state index in [9.17, 15) is 0 Å². The van der Waals surface area contributed by atoms with Gasteiger partial charge in [-0.15, -0.1) is 0 Å². The minimum Gasteiger partial charge on any atom is -0.353 e. The van der Waals surface area contributed by atoms with Crippen LogP contribution in [0, 0.1) is 0 Å². The van der Waals surface area contributed by atoms with Gasteiger partial charge in [0.25, 0.3) is 0 Å². The number of aryl methyl sites for hydroxylation is 1. The molecule has 5 rings (SSSR count). The van der Waals surface area contributed by atoms with Gasteiger partial charge in [0.05, 0.1) is 11.2 Å². The molecule has 0 radical (unpaired) electrons. The number of benzene rings is 1. The number of hydrogen-bond donors (Lipinski definition) is 1. The summed E-state index contributed by atoms with van der Waals surface area (Å²) in [5.41, 5.74) is 5.14. The van der Waals surface area contributed by atoms with Crippen LogP contribution >= 0.6 is 0 Å². The molecular weight excluding hydrogens is 324 g/mol. The molecule has 3 aromatic rings. The second-order valence-corrected chi connectivity index (χ2v) is 7.31. The number of rotatable bonds is 3. The number of anilines is 1. The largest absolute Gasteiger partial charge is 0.353 e. The number of H-pyrrole nitrogens is 1. The maximum absolute atomic E-state index is 4.61. The molecule has 0 saturated carbocycles. The van der Waals surface area contributed by atoms with Gasteiger partial charge in [-0.3, -0.25) is 10.00 Å². The Bertz CT molecular complexity index is 904. The number of aromatic amines is 1. The summed E-state index contributed by atoms with van der Waals surface area (Å²) >= 11 is 0. The predicted octanol–water partition coefficient (Wildman–Crippen LogP) is 2.55. The van der Waals surface area contributed by atoms with Gasteiger partial charge in [0.1, 0.15) is 12.1 Å². The van der Waals surface area contributed by atoms with Gasteiger partial charge in [-0.2, -0.15) is 5.10 Å². The topological polar surface area (TPSA) is 60.9 Å². The van der Waals surface area contributed by atoms with Crippen molar-refractivity contribution in [2.24, 2.45) is 0 Å². The first kappa shape index (κ1) is 15.8. The normalized spacial score (nSPS) is 18.2. The molecule has 1 aliphatic carbocycles. The Balaban J connectivity index is 1.28. The van der Waals surface area contributed by atoms with E-state index in [4.69, 9.17) is 0 Å². The summed E-state index contributed by atoms with van der Waals surface area (Å²) in [4.78, 5) is 13.9. The van der Waals surface area contributed by atoms with Crippen LogP contribution in [0.25, 0.3) is 10.9 Å². The van der Waals surface area contributed by atoms with Crippen LogP contribution in [0.1, 0.15) is 29.8 Å². The lowest BCUT2D eigenvalue weighted by Crippen LogP contribution is -2.46. The van der Waals surface area contributed by atoms with E-state index in [0.717, 1.165) is 55.9 Å². The SMILES string of the molecule is c1ccc2c(N3CCN(Cc4n[nH]c5c4CCCC5)CC3)ncnc2c1. The van der Waals surface area contributed by atoms with Crippen molar-refractivity contribution in [3.8, 4) is 0 Å². The fourth-order valence-corrected chi connectivity index (χ4v) is 4.25. The maximum Gasteiger partial charge on any atom is 0.139 e. The number of aromatic nitrogens is 4. The third-order valence-electron chi connectivity index (χ3n) is 5.71. The molecule has 1 N–H and O–H groups in total. The minimum absolute atomic E-state index is 0.962. The Morgan fingerprint density at radius 3 is 2.73 bits per heavy atom. The molecule has 6 heteroatoms. The van der Waals surface area contributed by atoms with Gasteiger partial charge in [-0.05, 0) is 43.4 Å². The van der Waals surface area contributed by atoms with E-state index in [-0.39, 0.29) is 0 Å². The first-order chi connectivity index (χ1) is 12.9. The number of nitrogens with zero attached hydrogens (tertiary/aromatic N) is 5. The zero-order chi connectivity index (χ0) is 17.3. The Hall–Kier alpha value is -2.47. The Labute approximate surface area is 153 Å². The first-order valence-corrected chi connectivity index (χ1v) is 9.60. The van der Waals surface area contributed by atoms with E-state index in [0.29, 0.717) is 0 Å². The molecule has 1 saturated heterocycles. The highest BCUT2D eigenvalue weighted by molar-refractivity contribution is 5.89. The molecule has 1 aliphatic heterocycles. The molecule has 1 aromatic carbocycles. The Morgan fingerprint density at radius 1 is 0.962 bits per heavy atom. The lowest BCUT2D eigenvalue weighted by Gasteiger charge is -2.35. The third-order valence-corrected chi connectivity index (χ3v) is 5.71. The van der Waals surface area contributed by atoms with Crippen LogP contribution in [0.3, 0.4) is 0 Å². The minimum atomic E-state index is 0.962. The van der Waals surface area contributed by atoms with E-state index < -0.39 is 0 Å². The number of fused-ring (bicyclic) bond motifs is 2. The lowest BCUT2D eigenvalue weighted by atomic mass is 9.96. The highest BCUT2D eigenvalue weighted by Gasteiger charge is 2.23. The van der Waals surface area contributed by atoms with Crippen molar-refractivity contribution in [3.63, 3.8) is 0 Å². The van der Waals surface area contributed by atoms with Crippen LogP contribution in [0.5, 0.6) is 0 Å². The van der Waals surface area contributed by atoms with Crippen LogP contribution in [0.4, 0.5) is 5.82 Å². The van der Waals surface area contributed by atoms with E-state index in [2.05, 4.69) is 48.2 Å². The van der Waals surface area contributed by atoms with Gasteiger partial charge in [-0.25, -0.2) is 9.97 Å². The maximum atomic E-state index is 4.61. The monoisotopic (exact) mass is 348 g/mol. The van der Waals surface area contributed by atoms with E-state index in [1.54, 1.807) is 6.33 Å². The van der Waals surface area contributed by atoms with Crippen molar-refractivity contribution in [3.05, 3.63) is 47.5 Å². The Kier molecular flexibility index (Phi) is 4.05. The number of nitrogens with one attached hydrogen (secondary N) is 1. The molecule has 0 amide bonds. The van der Waals surface area contributed by atoms with Crippen molar-refractivity contribution in [1.82, 2.24) is 25.1 Å². The highest BCUT2D eigenvalue weighted by Crippen LogP contribution is 2.25. The Morgan fingerprint density at radius 2 is 1.81 bits per heavy atom. The summed E-state index contributed by atoms with van der Waals surface area (Å²) in [7, 11) is 0. The molecule has 0 atom stereocenters. The van der Waals surface area contributed by atoms with Crippen molar-refractivity contribution >= 4 is 16.7 Å². The van der Waals surface area contributed by atoms with E-state index in [1.807, 2.05) is 6.07 Å². The molecule has 134 valence electrons. The second-order valence-electron chi connectivity index (χ2n) is 7.31. The average Bonchev–Trinajstić information content (AvgIpc) is 3.11. The summed E-state index contributed by atoms with van der Waals surface area (Å²) < 4.78 is 0. The van der Waals surface area contributed by atoms with Crippen LogP contribution in [-0.2, 0) is 19.4 Å². The van der Waals surface area contributed by atoms with Gasteiger partial charge in [0.2, 0.25) is 0 Å². The molecular formula is C20H24N6. The summed E-state index contributed by atoms with van der Waals surface area (Å²) in [6, 6.07) is 8.26. The molecule has 2 aliphatic rings. The van der Waals surface area contributed by atoms with Gasteiger partial charge >= 0.3 is 0 Å². The van der Waals surface area contributed by atoms with Crippen LogP contribution in [0.2, 0.25) is 0 Å². The number of para-hydroxylation sites is 1. The van der Waals surface area contributed by atoms with Gasteiger partial charge in [0, 0.05) is 43.8 Å². The molecule has 26 heavy (non-hydrogen) atoms. The zero-order valence-corrected chi connectivity index (χ0v) is 15.0. The quantitative estimate of drug-likeness (QED) is 0.788. The fraction of sp³-hybridized carbons (Fsp3) is 0.450. The summed E-state index contributed by atoms with van der Waals surface area (Å²) in [6.07, 6.45) is 6.62. The standard InChI is InChI=1S/C20H24N6/c1-4-8-18-15(5-1)19(24-23-18)13-25-9-11-26(12-10-25)20-16-6-2-3-7-17(16)21-14-22-20/h2-3,6-7,14H,1,4-5,8-13H2,(H,23,24). The van der Waals surface area contributed by atoms with Crippen LogP contribution in [0.15, 0.2) is 30.6 Å². The van der Waals surface area contributed by atoms with Crippen molar-refractivity contribution < 1.29 is 0 Å². The third kappa shape index (κ3) is 2.84. The van der Waals surface area contributed by atoms with Crippen LogP contribution < -0.4 is 4.90 Å². The smallest absolute Gasteiger partial charge is 0.139 e. The van der Waals surface area contributed by atoms with Crippen LogP contribution in [-0.4, -0.2) is 51.2 Å². The predicted molar refractivity (Wildman–Crippen MR) is 102 cm³/mol. The molecule has 3 heterocycles. The number of piperazine rings is 1. The summed E-state index contributed by atoms with van der Waals surface area (Å²) in [5, 5.41) is 9.02. The van der Waals surface area contributed by atoms with E-state index in [1.165, 1.54) is 36.2 Å². The van der Waals surface area contributed by atoms with E-state index >= 15 is 0 Å². The molecule has 0 unspecified atom stereocenters. The van der Waals surface area contributed by atoms with Crippen molar-refractivity contribution in [2.75, 3.05) is 31.1 Å². The first-order valence-electron chi connectivity index (χ1n) is 9.60. The number of hydrogen-bond acceptors (Lipinski definition) is 5. The molecule has 2 aromatic heterocycles. The zero-order valence-electron chi connectivity index (χ0n) is 15.0. The van der Waals surface area contributed by atoms with Gasteiger partial charge < -0.3 is 4.90 Å². The molecule has 0 bridgehead atoms. The average molecular weight is 348 g/mol. The summed E-state index contributed by atoms with van der Waals surface area (Å²) in [5.74, 6) is 1.06. The molecule has 0 spiro atoms. The van der Waals surface area contributed by atoms with Gasteiger partial charge in [-0.1, -0.05) is 12.1 Å². The lowest BCUT2D eigenvalue weighted by molar-refractivity contribution is 0.246. The molecule has 6 nitrogen and oxygen atoms in total. The van der Waals surface area contributed by atoms with Crippen molar-refractivity contribution in [2.45, 2.75) is 32.2 Å². The van der Waals surface area contributed by atoms with Crippen molar-refractivity contribution in [1.29, 1.82) is 0 Å². The highest BCUT2D eigenvalue weighted by atomic mass is 15.3. The van der Waals surface area contributed by atoms with Gasteiger partial charge in [0.15, 0.2) is 0 Å². The fourth-order valence-electron chi connectivity index (χ4n) is 4.25.